The van der Waals surface area contributed by atoms with Crippen LogP contribution in [0.5, 0.6) is 0 Å². The van der Waals surface area contributed by atoms with Crippen LogP contribution in [0.3, 0.4) is 0 Å². The predicted octanol–water partition coefficient (Wildman–Crippen LogP) is 4.38. The van der Waals surface area contributed by atoms with E-state index in [1.807, 2.05) is 18.2 Å². The lowest BCUT2D eigenvalue weighted by molar-refractivity contribution is 0.887. The van der Waals surface area contributed by atoms with E-state index in [2.05, 4.69) is 57.2 Å². The van der Waals surface area contributed by atoms with Gasteiger partial charge in [0.2, 0.25) is 0 Å². The van der Waals surface area contributed by atoms with Crippen molar-refractivity contribution < 1.29 is 0 Å². The second-order valence-electron chi connectivity index (χ2n) is 3.95. The van der Waals surface area contributed by atoms with Gasteiger partial charge in [-0.15, -0.1) is 0 Å². The van der Waals surface area contributed by atoms with Gasteiger partial charge in [-0.3, -0.25) is 0 Å². The Labute approximate surface area is 126 Å². The summed E-state index contributed by atoms with van der Waals surface area (Å²) in [6.45, 7) is 5.00. The fraction of sp³-hybridized carbons (Fsp3) is 0.286. The molecule has 1 aromatic carbocycles. The van der Waals surface area contributed by atoms with Crippen molar-refractivity contribution in [2.24, 2.45) is 0 Å². The number of benzene rings is 1. The Morgan fingerprint density at radius 3 is 2.53 bits per heavy atom. The lowest BCUT2D eigenvalue weighted by Crippen LogP contribution is -2.03. The van der Waals surface area contributed by atoms with Crippen LogP contribution in [0, 0.1) is 0 Å². The average Bonchev–Trinajstić information content (AvgIpc) is 2.41. The molecule has 19 heavy (non-hydrogen) atoms. The van der Waals surface area contributed by atoms with E-state index in [1.54, 1.807) is 11.8 Å². The Hall–Kier alpha value is -1.07. The smallest absolute Gasteiger partial charge is 0.131 e. The molecule has 0 fully saturated rings. The third-order valence-corrected chi connectivity index (χ3v) is 3.91. The highest BCUT2D eigenvalue weighted by atomic mass is 79.9. The number of hydrogen-bond donors (Lipinski definition) is 1. The number of hydrogen-bond acceptors (Lipinski definition) is 4. The Morgan fingerprint density at radius 1 is 1.16 bits per heavy atom. The maximum Gasteiger partial charge on any atom is 0.131 e. The van der Waals surface area contributed by atoms with Gasteiger partial charge in [-0.05, 0) is 31.2 Å². The molecule has 0 spiro atoms. The van der Waals surface area contributed by atoms with Gasteiger partial charge in [0.1, 0.15) is 16.7 Å². The molecule has 0 saturated carbocycles. The van der Waals surface area contributed by atoms with Gasteiger partial charge in [0.15, 0.2) is 0 Å². The summed E-state index contributed by atoms with van der Waals surface area (Å²) in [5.41, 5.74) is 0. The molecule has 2 aromatic rings. The zero-order valence-corrected chi connectivity index (χ0v) is 13.4. The van der Waals surface area contributed by atoms with Gasteiger partial charge in [-0.2, -0.15) is 0 Å². The molecule has 0 amide bonds. The van der Waals surface area contributed by atoms with Gasteiger partial charge >= 0.3 is 0 Å². The molecule has 2 rings (SSSR count). The number of aryl methyl sites for hydroxylation is 1. The highest BCUT2D eigenvalue weighted by Gasteiger charge is 2.05. The van der Waals surface area contributed by atoms with Crippen molar-refractivity contribution >= 4 is 33.5 Å². The lowest BCUT2D eigenvalue weighted by Gasteiger charge is -2.07. The van der Waals surface area contributed by atoms with Gasteiger partial charge in [-0.1, -0.05) is 34.6 Å². The molecule has 0 aliphatic carbocycles. The Bertz CT molecular complexity index is 543. The van der Waals surface area contributed by atoms with Crippen LogP contribution in [0.4, 0.5) is 5.82 Å². The van der Waals surface area contributed by atoms with E-state index in [0.29, 0.717) is 0 Å². The minimum absolute atomic E-state index is 0.840. The fourth-order valence-corrected chi connectivity index (χ4v) is 2.68. The van der Waals surface area contributed by atoms with Crippen molar-refractivity contribution in [3.8, 4) is 0 Å². The number of rotatable bonds is 5. The molecule has 0 bridgehead atoms. The van der Waals surface area contributed by atoms with Crippen LogP contribution >= 0.6 is 27.7 Å². The third-order valence-electron chi connectivity index (χ3n) is 2.46. The van der Waals surface area contributed by atoms with Gasteiger partial charge in [0.25, 0.3) is 0 Å². The molecule has 1 heterocycles. The van der Waals surface area contributed by atoms with Crippen molar-refractivity contribution in [2.45, 2.75) is 30.2 Å². The highest BCUT2D eigenvalue weighted by Crippen LogP contribution is 2.28. The monoisotopic (exact) mass is 337 g/mol. The molecule has 0 saturated heterocycles. The van der Waals surface area contributed by atoms with Crippen LogP contribution in [-0.4, -0.2) is 16.5 Å². The molecule has 1 aromatic heterocycles. The summed E-state index contributed by atoms with van der Waals surface area (Å²) in [6.07, 6.45) is 0.840. The van der Waals surface area contributed by atoms with E-state index in [4.69, 9.17) is 0 Å². The summed E-state index contributed by atoms with van der Waals surface area (Å²) in [5.74, 6) is 1.77. The van der Waals surface area contributed by atoms with Crippen LogP contribution in [0.2, 0.25) is 0 Å². The third kappa shape index (κ3) is 4.21. The minimum atomic E-state index is 0.840. The maximum absolute atomic E-state index is 4.55. The van der Waals surface area contributed by atoms with Crippen LogP contribution in [0.25, 0.3) is 0 Å². The van der Waals surface area contributed by atoms with Crippen LogP contribution < -0.4 is 5.32 Å². The molecule has 5 heteroatoms. The van der Waals surface area contributed by atoms with E-state index in [-0.39, 0.29) is 0 Å². The Morgan fingerprint density at radius 2 is 1.89 bits per heavy atom. The summed E-state index contributed by atoms with van der Waals surface area (Å²) in [7, 11) is 0. The quantitative estimate of drug-likeness (QED) is 0.821. The van der Waals surface area contributed by atoms with E-state index >= 15 is 0 Å². The lowest BCUT2D eigenvalue weighted by atomic mass is 10.4. The molecule has 100 valence electrons. The van der Waals surface area contributed by atoms with E-state index in [0.717, 1.165) is 34.1 Å². The first-order valence-corrected chi connectivity index (χ1v) is 7.87. The standard InChI is InChI=1S/C14H16BrN3S/c1-3-12-17-13(16-4-2)9-14(18-12)19-11-7-5-10(15)6-8-11/h5-9H,3-4H2,1-2H3,(H,16,17,18). The topological polar surface area (TPSA) is 37.8 Å². The fourth-order valence-electron chi connectivity index (χ4n) is 1.58. The first-order chi connectivity index (χ1) is 9.21. The Balaban J connectivity index is 2.23. The van der Waals surface area contributed by atoms with Gasteiger partial charge in [0, 0.05) is 28.4 Å². The van der Waals surface area contributed by atoms with Gasteiger partial charge in [-0.25, -0.2) is 9.97 Å². The number of halogens is 1. The molecule has 0 unspecified atom stereocenters. The maximum atomic E-state index is 4.55. The summed E-state index contributed by atoms with van der Waals surface area (Å²) in [4.78, 5) is 10.2. The van der Waals surface area contributed by atoms with E-state index in [1.165, 1.54) is 4.90 Å². The second kappa shape index (κ2) is 6.91. The zero-order chi connectivity index (χ0) is 13.7. The largest absolute Gasteiger partial charge is 0.370 e. The normalized spacial score (nSPS) is 10.5. The van der Waals surface area contributed by atoms with Crippen molar-refractivity contribution in [3.05, 3.63) is 40.6 Å². The molecular weight excluding hydrogens is 322 g/mol. The zero-order valence-electron chi connectivity index (χ0n) is 11.0. The second-order valence-corrected chi connectivity index (χ2v) is 5.96. The molecule has 0 aliphatic rings. The van der Waals surface area contributed by atoms with Gasteiger partial charge < -0.3 is 5.32 Å². The number of nitrogens with one attached hydrogen (secondary N) is 1. The number of anilines is 1. The van der Waals surface area contributed by atoms with Crippen molar-refractivity contribution in [1.29, 1.82) is 0 Å². The van der Waals surface area contributed by atoms with Crippen LogP contribution in [0.15, 0.2) is 44.7 Å². The summed E-state index contributed by atoms with van der Waals surface area (Å²) in [5, 5.41) is 4.22. The predicted molar refractivity (Wildman–Crippen MR) is 83.8 cm³/mol. The SMILES string of the molecule is CCNc1cc(Sc2ccc(Br)cc2)nc(CC)n1. The molecule has 0 radical (unpaired) electrons. The Kier molecular flexibility index (Phi) is 5.22. The highest BCUT2D eigenvalue weighted by molar-refractivity contribution is 9.10. The van der Waals surface area contributed by atoms with E-state index < -0.39 is 0 Å². The van der Waals surface area contributed by atoms with E-state index in [9.17, 15) is 0 Å². The van der Waals surface area contributed by atoms with Crippen LogP contribution in [0.1, 0.15) is 19.7 Å². The minimum Gasteiger partial charge on any atom is -0.370 e. The molecule has 1 N–H and O–H groups in total. The molecule has 0 aliphatic heterocycles. The van der Waals surface area contributed by atoms with Crippen molar-refractivity contribution in [2.75, 3.05) is 11.9 Å². The van der Waals surface area contributed by atoms with Gasteiger partial charge in [0.05, 0.1) is 0 Å². The number of nitrogens with zero attached hydrogens (tertiary/aromatic N) is 2. The number of aromatic nitrogens is 2. The summed E-state index contributed by atoms with van der Waals surface area (Å²) in [6, 6.07) is 10.2. The van der Waals surface area contributed by atoms with Crippen molar-refractivity contribution in [3.63, 3.8) is 0 Å². The molecule has 0 atom stereocenters. The van der Waals surface area contributed by atoms with Crippen LogP contribution in [-0.2, 0) is 6.42 Å². The molecular formula is C14H16BrN3S. The average molecular weight is 338 g/mol. The first-order valence-electron chi connectivity index (χ1n) is 6.26. The molecule has 3 nitrogen and oxygen atoms in total. The van der Waals surface area contributed by atoms with Crippen molar-refractivity contribution in [1.82, 2.24) is 9.97 Å². The summed E-state index contributed by atoms with van der Waals surface area (Å²) >= 11 is 5.09. The first kappa shape index (κ1) is 14.3. The summed E-state index contributed by atoms with van der Waals surface area (Å²) < 4.78 is 1.09.